The van der Waals surface area contributed by atoms with Crippen LogP contribution >= 0.6 is 0 Å². The van der Waals surface area contributed by atoms with Crippen LogP contribution in [0.25, 0.3) is 0 Å². The first-order valence-electron chi connectivity index (χ1n) is 10.4. The number of anilines is 2. The van der Waals surface area contributed by atoms with Crippen molar-refractivity contribution in [3.63, 3.8) is 0 Å². The van der Waals surface area contributed by atoms with E-state index < -0.39 is 28.5 Å². The van der Waals surface area contributed by atoms with Gasteiger partial charge in [0.2, 0.25) is 11.8 Å². The number of carbonyl (C=O) groups is 2. The predicted octanol–water partition coefficient (Wildman–Crippen LogP) is 4.54. The van der Waals surface area contributed by atoms with Gasteiger partial charge in [0.25, 0.3) is 5.69 Å². The fraction of sp³-hybridized carbons (Fsp3) is 0.304. The number of nitrogens with one attached hydrogen (secondary N) is 1. The summed E-state index contributed by atoms with van der Waals surface area (Å²) >= 11 is 0. The highest BCUT2D eigenvalue weighted by Crippen LogP contribution is 2.53. The number of imide groups is 1. The predicted molar refractivity (Wildman–Crippen MR) is 112 cm³/mol. The van der Waals surface area contributed by atoms with E-state index in [1.54, 1.807) is 0 Å². The zero-order valence-corrected chi connectivity index (χ0v) is 17.1. The minimum absolute atomic E-state index is 0.0184. The number of hydrogen-bond donors (Lipinski definition) is 1. The second-order valence-electron chi connectivity index (χ2n) is 8.52. The number of rotatable bonds is 5. The summed E-state index contributed by atoms with van der Waals surface area (Å²) < 4.78 is 38.8. The van der Waals surface area contributed by atoms with Gasteiger partial charge < -0.3 is 5.32 Å². The Balaban J connectivity index is 1.39. The van der Waals surface area contributed by atoms with Crippen molar-refractivity contribution in [2.24, 2.45) is 23.7 Å². The molecule has 0 aromatic heterocycles. The van der Waals surface area contributed by atoms with Crippen molar-refractivity contribution in [3.8, 4) is 0 Å². The van der Waals surface area contributed by atoms with Gasteiger partial charge in [-0.1, -0.05) is 24.3 Å². The lowest BCUT2D eigenvalue weighted by Crippen LogP contribution is -2.32. The Kier molecular flexibility index (Phi) is 4.77. The number of carbonyl (C=O) groups excluding carboxylic acids is 2. The van der Waals surface area contributed by atoms with E-state index in [9.17, 15) is 32.9 Å². The maximum atomic E-state index is 13.0. The van der Waals surface area contributed by atoms with Crippen molar-refractivity contribution < 1.29 is 27.7 Å². The fourth-order valence-electron chi connectivity index (χ4n) is 5.17. The zero-order valence-electron chi connectivity index (χ0n) is 17.1. The van der Waals surface area contributed by atoms with Gasteiger partial charge in [0.05, 0.1) is 28.0 Å². The Morgan fingerprint density at radius 2 is 1.70 bits per heavy atom. The van der Waals surface area contributed by atoms with E-state index in [4.69, 9.17) is 0 Å². The number of amides is 2. The molecular weight excluding hydrogens is 439 g/mol. The molecule has 1 heterocycles. The molecule has 7 nitrogen and oxygen atoms in total. The van der Waals surface area contributed by atoms with Crippen molar-refractivity contribution in [1.82, 2.24) is 0 Å². The molecule has 2 fully saturated rings. The summed E-state index contributed by atoms with van der Waals surface area (Å²) in [6.45, 7) is -0.0785. The molecule has 2 amide bonds. The van der Waals surface area contributed by atoms with Gasteiger partial charge in [0.15, 0.2) is 0 Å². The lowest BCUT2D eigenvalue weighted by atomic mass is 9.85. The monoisotopic (exact) mass is 457 g/mol. The van der Waals surface area contributed by atoms with Crippen molar-refractivity contribution in [2.45, 2.75) is 19.1 Å². The first kappa shape index (κ1) is 21.2. The van der Waals surface area contributed by atoms with Crippen LogP contribution in [-0.4, -0.2) is 16.7 Å². The molecule has 1 N–H and O–H groups in total. The summed E-state index contributed by atoms with van der Waals surface area (Å²) in [5, 5.41) is 14.5. The summed E-state index contributed by atoms with van der Waals surface area (Å²) in [5.74, 6) is -1.51. The first-order valence-corrected chi connectivity index (χ1v) is 10.4. The molecule has 10 heteroatoms. The van der Waals surface area contributed by atoms with Crippen molar-refractivity contribution in [1.29, 1.82) is 0 Å². The number of fused-ring (bicyclic) bond motifs is 5. The molecule has 0 spiro atoms. The van der Waals surface area contributed by atoms with Crippen LogP contribution in [0.2, 0.25) is 0 Å². The third kappa shape index (κ3) is 3.46. The molecule has 1 aliphatic heterocycles. The number of allylic oxidation sites excluding steroid dienone is 2. The molecule has 5 rings (SSSR count). The van der Waals surface area contributed by atoms with Crippen LogP contribution in [0.3, 0.4) is 0 Å². The van der Waals surface area contributed by atoms with Gasteiger partial charge in [0.1, 0.15) is 5.69 Å². The Hall–Kier alpha value is -3.69. The number of halogens is 3. The smallest absolute Gasteiger partial charge is 0.375 e. The second kappa shape index (κ2) is 7.43. The molecular formula is C23H18F3N3O4. The highest BCUT2D eigenvalue weighted by Gasteiger charge is 2.59. The standard InChI is InChI=1S/C23H18F3N3O4/c24-23(25,26)15-3-1-2-12(8-15)11-27-17-7-6-16(10-18(17)29(32)33)28-21(30)19-13-4-5-14(9-13)20(19)22(28)31/h1-8,10,13-14,19-20,27H,9,11H2/t13-,14-,19-,20+/m0/s1. The largest absolute Gasteiger partial charge is 0.416 e. The lowest BCUT2D eigenvalue weighted by molar-refractivity contribution is -0.383. The summed E-state index contributed by atoms with van der Waals surface area (Å²) in [6, 6.07) is 8.61. The molecule has 170 valence electrons. The third-order valence-corrected chi connectivity index (χ3v) is 6.64. The first-order chi connectivity index (χ1) is 15.6. The van der Waals surface area contributed by atoms with Crippen molar-refractivity contribution in [2.75, 3.05) is 10.2 Å². The molecule has 2 bridgehead atoms. The number of alkyl halides is 3. The number of nitro benzene ring substituents is 1. The average Bonchev–Trinajstić information content (AvgIpc) is 3.45. The Morgan fingerprint density at radius 3 is 2.30 bits per heavy atom. The molecule has 2 aromatic carbocycles. The van der Waals surface area contributed by atoms with E-state index in [0.717, 1.165) is 29.5 Å². The van der Waals surface area contributed by atoms with E-state index in [1.165, 1.54) is 24.3 Å². The number of nitrogens with zero attached hydrogens (tertiary/aromatic N) is 2. The van der Waals surface area contributed by atoms with Crippen LogP contribution in [0.1, 0.15) is 17.5 Å². The SMILES string of the molecule is O=C1[C@@H]2[C@H](C(=O)N1c1ccc(NCc3cccc(C(F)(F)F)c3)c([N+](=O)[O-])c1)[C@H]1C=C[C@H]2C1. The summed E-state index contributed by atoms with van der Waals surface area (Å²) in [6.07, 6.45) is 0.207. The molecule has 2 aromatic rings. The Bertz CT molecular complexity index is 1180. The van der Waals surface area contributed by atoms with E-state index in [-0.39, 0.29) is 47.3 Å². The number of nitro groups is 1. The lowest BCUT2D eigenvalue weighted by Gasteiger charge is -2.18. The van der Waals surface area contributed by atoms with Gasteiger partial charge in [-0.15, -0.1) is 0 Å². The third-order valence-electron chi connectivity index (χ3n) is 6.64. The van der Waals surface area contributed by atoms with Crippen LogP contribution in [0.4, 0.5) is 30.2 Å². The quantitative estimate of drug-likeness (QED) is 0.308. The highest BCUT2D eigenvalue weighted by atomic mass is 19.4. The van der Waals surface area contributed by atoms with Gasteiger partial charge in [-0.05, 0) is 48.1 Å². The number of benzene rings is 2. The maximum Gasteiger partial charge on any atom is 0.416 e. The fourth-order valence-corrected chi connectivity index (χ4v) is 5.17. The van der Waals surface area contributed by atoms with Crippen LogP contribution in [0.5, 0.6) is 0 Å². The van der Waals surface area contributed by atoms with Gasteiger partial charge in [-0.3, -0.25) is 19.7 Å². The van der Waals surface area contributed by atoms with Gasteiger partial charge in [-0.25, -0.2) is 4.90 Å². The topological polar surface area (TPSA) is 92.6 Å². The Labute approximate surface area is 186 Å². The molecule has 3 aliphatic rings. The molecule has 1 saturated heterocycles. The molecule has 4 atom stereocenters. The molecule has 0 radical (unpaired) electrons. The van der Waals surface area contributed by atoms with Crippen LogP contribution in [0.15, 0.2) is 54.6 Å². The summed E-state index contributed by atoms with van der Waals surface area (Å²) in [7, 11) is 0. The number of hydrogen-bond acceptors (Lipinski definition) is 5. The van der Waals surface area contributed by atoms with Gasteiger partial charge in [-0.2, -0.15) is 13.2 Å². The van der Waals surface area contributed by atoms with Crippen molar-refractivity contribution >= 4 is 28.9 Å². The normalized spacial score (nSPS) is 25.6. The Morgan fingerprint density at radius 1 is 1.03 bits per heavy atom. The molecule has 33 heavy (non-hydrogen) atoms. The van der Waals surface area contributed by atoms with Crippen LogP contribution in [-0.2, 0) is 22.3 Å². The summed E-state index contributed by atoms with van der Waals surface area (Å²) in [4.78, 5) is 38.0. The summed E-state index contributed by atoms with van der Waals surface area (Å²) in [5.41, 5.74) is -0.703. The van der Waals surface area contributed by atoms with Crippen molar-refractivity contribution in [3.05, 3.63) is 75.9 Å². The molecule has 1 saturated carbocycles. The van der Waals surface area contributed by atoms with E-state index in [1.807, 2.05) is 12.2 Å². The maximum absolute atomic E-state index is 13.0. The molecule has 2 aliphatic carbocycles. The van der Waals surface area contributed by atoms with Gasteiger partial charge >= 0.3 is 6.18 Å². The van der Waals surface area contributed by atoms with Gasteiger partial charge in [0, 0.05) is 12.6 Å². The highest BCUT2D eigenvalue weighted by molar-refractivity contribution is 6.23. The van der Waals surface area contributed by atoms with E-state index >= 15 is 0 Å². The zero-order chi connectivity index (χ0) is 23.5. The van der Waals surface area contributed by atoms with Crippen LogP contribution in [0, 0.1) is 33.8 Å². The molecule has 0 unspecified atom stereocenters. The second-order valence-corrected chi connectivity index (χ2v) is 8.52. The van der Waals surface area contributed by atoms with E-state index in [0.29, 0.717) is 5.56 Å². The minimum Gasteiger partial charge on any atom is -0.375 e. The minimum atomic E-state index is -4.49. The van der Waals surface area contributed by atoms with E-state index in [2.05, 4.69) is 5.32 Å². The van der Waals surface area contributed by atoms with Crippen LogP contribution < -0.4 is 10.2 Å². The average molecular weight is 457 g/mol.